The summed E-state index contributed by atoms with van der Waals surface area (Å²) >= 11 is 0. The van der Waals surface area contributed by atoms with Gasteiger partial charge in [0.25, 0.3) is 6.43 Å². The van der Waals surface area contributed by atoms with Crippen LogP contribution < -0.4 is 10.5 Å². The molecular weight excluding hydrogens is 280 g/mol. The van der Waals surface area contributed by atoms with Gasteiger partial charge in [-0.2, -0.15) is 0 Å². The number of hydrogen-bond acceptors (Lipinski definition) is 3. The fraction of sp³-hybridized carbons (Fsp3) is 0.500. The third-order valence-corrected chi connectivity index (χ3v) is 3.03. The molecule has 116 valence electrons. The minimum absolute atomic E-state index is 0.384. The van der Waals surface area contributed by atoms with E-state index in [-0.39, 0.29) is 0 Å². The fourth-order valence-corrected chi connectivity index (χ4v) is 1.96. The van der Waals surface area contributed by atoms with Crippen molar-refractivity contribution < 1.29 is 18.3 Å². The summed E-state index contributed by atoms with van der Waals surface area (Å²) in [5, 5.41) is 0. The number of guanidine groups is 1. The molecule has 0 unspecified atom stereocenters. The number of rotatable bonds is 5. The van der Waals surface area contributed by atoms with Crippen molar-refractivity contribution in [2.75, 3.05) is 32.9 Å². The van der Waals surface area contributed by atoms with E-state index in [9.17, 15) is 8.78 Å². The van der Waals surface area contributed by atoms with E-state index in [0.717, 1.165) is 18.7 Å². The molecule has 0 atom stereocenters. The topological polar surface area (TPSA) is 60.1 Å². The highest BCUT2D eigenvalue weighted by Gasteiger charge is 2.12. The normalized spacial score (nSPS) is 16.3. The molecule has 0 spiro atoms. The lowest BCUT2D eigenvalue weighted by molar-refractivity contribution is 0.0674. The van der Waals surface area contributed by atoms with Crippen LogP contribution in [0.4, 0.5) is 8.78 Å². The predicted octanol–water partition coefficient (Wildman–Crippen LogP) is 1.48. The molecule has 2 rings (SSSR count). The van der Waals surface area contributed by atoms with Crippen molar-refractivity contribution in [1.29, 1.82) is 0 Å². The Kier molecular flexibility index (Phi) is 5.74. The maximum Gasteiger partial charge on any atom is 0.272 e. The Bertz CT molecular complexity index is 477. The van der Waals surface area contributed by atoms with E-state index < -0.39 is 13.0 Å². The molecule has 0 aromatic heterocycles. The molecule has 0 aliphatic carbocycles. The van der Waals surface area contributed by atoms with Crippen LogP contribution in [0, 0.1) is 0 Å². The lowest BCUT2D eigenvalue weighted by atomic mass is 10.2. The van der Waals surface area contributed by atoms with Crippen molar-refractivity contribution in [3.8, 4) is 5.75 Å². The van der Waals surface area contributed by atoms with E-state index >= 15 is 0 Å². The fourth-order valence-electron chi connectivity index (χ4n) is 1.96. The number of aliphatic imine (C=N–C) groups is 1. The van der Waals surface area contributed by atoms with Gasteiger partial charge in [-0.25, -0.2) is 13.8 Å². The molecule has 0 saturated carbocycles. The van der Waals surface area contributed by atoms with Crippen LogP contribution in [0.5, 0.6) is 5.75 Å². The Hall–Kier alpha value is -1.89. The van der Waals surface area contributed by atoms with E-state index in [4.69, 9.17) is 15.2 Å². The molecule has 5 nitrogen and oxygen atoms in total. The van der Waals surface area contributed by atoms with Crippen LogP contribution in [0.25, 0.3) is 0 Å². The molecule has 1 aliphatic rings. The molecule has 1 aliphatic heterocycles. The molecule has 21 heavy (non-hydrogen) atoms. The van der Waals surface area contributed by atoms with Gasteiger partial charge in [0, 0.05) is 13.1 Å². The maximum absolute atomic E-state index is 12.1. The van der Waals surface area contributed by atoms with Crippen molar-refractivity contribution >= 4 is 5.96 Å². The molecule has 1 saturated heterocycles. The third-order valence-electron chi connectivity index (χ3n) is 3.03. The number of halogens is 2. The van der Waals surface area contributed by atoms with Crippen LogP contribution in [0.15, 0.2) is 29.3 Å². The summed E-state index contributed by atoms with van der Waals surface area (Å²) in [5.74, 6) is 0.880. The summed E-state index contributed by atoms with van der Waals surface area (Å²) in [6.45, 7) is 2.53. The molecule has 0 radical (unpaired) electrons. The van der Waals surface area contributed by atoms with Crippen LogP contribution in [-0.2, 0) is 11.3 Å². The quantitative estimate of drug-likeness (QED) is 0.661. The van der Waals surface area contributed by atoms with Gasteiger partial charge in [0.1, 0.15) is 12.4 Å². The summed E-state index contributed by atoms with van der Waals surface area (Å²) in [5.41, 5.74) is 6.78. The van der Waals surface area contributed by atoms with E-state index in [1.807, 2.05) is 11.0 Å². The average molecular weight is 299 g/mol. The molecular formula is C14H19F2N3O2. The van der Waals surface area contributed by atoms with Crippen LogP contribution in [0.2, 0.25) is 0 Å². The van der Waals surface area contributed by atoms with Crippen molar-refractivity contribution in [2.45, 2.75) is 13.0 Å². The van der Waals surface area contributed by atoms with Crippen molar-refractivity contribution in [2.24, 2.45) is 10.7 Å². The summed E-state index contributed by atoms with van der Waals surface area (Å²) in [6.07, 6.45) is -2.48. The van der Waals surface area contributed by atoms with Gasteiger partial charge in [-0.3, -0.25) is 0 Å². The monoisotopic (exact) mass is 299 g/mol. The lowest BCUT2D eigenvalue weighted by Crippen LogP contribution is -2.44. The van der Waals surface area contributed by atoms with Gasteiger partial charge in [0.2, 0.25) is 0 Å². The highest BCUT2D eigenvalue weighted by molar-refractivity contribution is 5.78. The van der Waals surface area contributed by atoms with Gasteiger partial charge < -0.3 is 20.1 Å². The van der Waals surface area contributed by atoms with Crippen molar-refractivity contribution in [1.82, 2.24) is 4.90 Å². The number of morpholine rings is 1. The first-order valence-electron chi connectivity index (χ1n) is 6.77. The first-order chi connectivity index (χ1) is 10.1. The van der Waals surface area contributed by atoms with Crippen molar-refractivity contribution in [3.05, 3.63) is 29.8 Å². The van der Waals surface area contributed by atoms with Crippen LogP contribution in [0.1, 0.15) is 5.56 Å². The minimum atomic E-state index is -2.48. The Labute approximate surface area is 122 Å². The Morgan fingerprint density at radius 2 is 2.14 bits per heavy atom. The number of alkyl halides is 2. The number of hydrogen-bond donors (Lipinski definition) is 1. The standard InChI is InChI=1S/C14H19F2N3O2/c15-13(16)10-21-12-3-1-2-11(8-12)9-18-14(17)19-4-6-20-7-5-19/h1-3,8,13H,4-7,9-10H2,(H2,17,18). The Morgan fingerprint density at radius 3 is 2.86 bits per heavy atom. The first kappa shape index (κ1) is 15.5. The first-order valence-corrected chi connectivity index (χ1v) is 6.77. The third kappa shape index (κ3) is 5.18. The smallest absolute Gasteiger partial charge is 0.272 e. The zero-order valence-corrected chi connectivity index (χ0v) is 11.7. The minimum Gasteiger partial charge on any atom is -0.488 e. The second-order valence-corrected chi connectivity index (χ2v) is 4.62. The molecule has 1 heterocycles. The molecule has 1 aromatic rings. The maximum atomic E-state index is 12.1. The number of nitrogens with zero attached hydrogens (tertiary/aromatic N) is 2. The summed E-state index contributed by atoms with van der Waals surface area (Å²) in [7, 11) is 0. The second kappa shape index (κ2) is 7.78. The largest absolute Gasteiger partial charge is 0.488 e. The van der Waals surface area contributed by atoms with E-state index in [1.165, 1.54) is 0 Å². The lowest BCUT2D eigenvalue weighted by Gasteiger charge is -2.27. The molecule has 0 amide bonds. The highest BCUT2D eigenvalue weighted by atomic mass is 19.3. The van der Waals surface area contributed by atoms with Gasteiger partial charge in [0.15, 0.2) is 5.96 Å². The molecule has 7 heteroatoms. The predicted molar refractivity (Wildman–Crippen MR) is 75.7 cm³/mol. The van der Waals surface area contributed by atoms with Gasteiger partial charge in [-0.15, -0.1) is 0 Å². The molecule has 0 bridgehead atoms. The molecule has 1 aromatic carbocycles. The SMILES string of the molecule is NC(=NCc1cccc(OCC(F)F)c1)N1CCOCC1. The zero-order chi connectivity index (χ0) is 15.1. The second-order valence-electron chi connectivity index (χ2n) is 4.62. The molecule has 2 N–H and O–H groups in total. The van der Waals surface area contributed by atoms with E-state index in [0.29, 0.717) is 31.5 Å². The summed E-state index contributed by atoms with van der Waals surface area (Å²) < 4.78 is 34.4. The number of ether oxygens (including phenoxy) is 2. The van der Waals surface area contributed by atoms with E-state index in [1.54, 1.807) is 18.2 Å². The van der Waals surface area contributed by atoms with Gasteiger partial charge in [0.05, 0.1) is 19.8 Å². The van der Waals surface area contributed by atoms with Gasteiger partial charge in [-0.05, 0) is 17.7 Å². The highest BCUT2D eigenvalue weighted by Crippen LogP contribution is 2.15. The molecule has 1 fully saturated rings. The van der Waals surface area contributed by atoms with Crippen LogP contribution in [0.3, 0.4) is 0 Å². The van der Waals surface area contributed by atoms with Crippen molar-refractivity contribution in [3.63, 3.8) is 0 Å². The van der Waals surface area contributed by atoms with E-state index in [2.05, 4.69) is 4.99 Å². The number of benzene rings is 1. The number of nitrogens with two attached hydrogens (primary N) is 1. The van der Waals surface area contributed by atoms with Gasteiger partial charge >= 0.3 is 0 Å². The van der Waals surface area contributed by atoms with Crippen LogP contribution in [-0.4, -0.2) is 50.2 Å². The van der Waals surface area contributed by atoms with Crippen LogP contribution >= 0.6 is 0 Å². The Morgan fingerprint density at radius 1 is 1.38 bits per heavy atom. The summed E-state index contributed by atoms with van der Waals surface area (Å²) in [6, 6.07) is 6.93. The van der Waals surface area contributed by atoms with Gasteiger partial charge in [-0.1, -0.05) is 12.1 Å². The summed E-state index contributed by atoms with van der Waals surface area (Å²) in [4.78, 5) is 6.27. The average Bonchev–Trinajstić information content (AvgIpc) is 2.52. The Balaban J connectivity index is 1.91. The zero-order valence-electron chi connectivity index (χ0n) is 11.7.